The Labute approximate surface area is 148 Å². The Balaban J connectivity index is 1.65. The van der Waals surface area contributed by atoms with Crippen molar-refractivity contribution in [3.63, 3.8) is 0 Å². The maximum Gasteiger partial charge on any atom is 0.242 e. The molecule has 0 aliphatic carbocycles. The van der Waals surface area contributed by atoms with Gasteiger partial charge in [-0.15, -0.1) is 11.3 Å². The SMILES string of the molecule is COc1ccc(Br)c(NCC(=O)N2CCCC2c2cccs2)c1. The van der Waals surface area contributed by atoms with E-state index in [2.05, 4.69) is 32.7 Å². The smallest absolute Gasteiger partial charge is 0.242 e. The topological polar surface area (TPSA) is 41.6 Å². The summed E-state index contributed by atoms with van der Waals surface area (Å²) in [6.07, 6.45) is 2.12. The van der Waals surface area contributed by atoms with Crippen molar-refractivity contribution in [1.82, 2.24) is 4.90 Å². The summed E-state index contributed by atoms with van der Waals surface area (Å²) in [5, 5.41) is 5.29. The van der Waals surface area contributed by atoms with Gasteiger partial charge in [0.05, 0.1) is 25.4 Å². The summed E-state index contributed by atoms with van der Waals surface area (Å²) in [7, 11) is 1.63. The molecule has 1 amide bonds. The second-order valence-electron chi connectivity index (χ2n) is 5.46. The Hall–Kier alpha value is -1.53. The molecule has 122 valence electrons. The second kappa shape index (κ2) is 7.36. The molecule has 6 heteroatoms. The number of ether oxygens (including phenoxy) is 1. The third-order valence-electron chi connectivity index (χ3n) is 4.05. The zero-order chi connectivity index (χ0) is 16.2. The van der Waals surface area contributed by atoms with Crippen LogP contribution in [0.3, 0.4) is 0 Å². The molecule has 2 aromatic rings. The number of nitrogens with one attached hydrogen (secondary N) is 1. The van der Waals surface area contributed by atoms with Gasteiger partial charge in [-0.2, -0.15) is 0 Å². The predicted molar refractivity (Wildman–Crippen MR) is 97.2 cm³/mol. The van der Waals surface area contributed by atoms with Crippen molar-refractivity contribution in [1.29, 1.82) is 0 Å². The summed E-state index contributed by atoms with van der Waals surface area (Å²) in [6, 6.07) is 10.1. The van der Waals surface area contributed by atoms with E-state index in [-0.39, 0.29) is 18.5 Å². The number of halogens is 1. The molecular weight excluding hydrogens is 376 g/mol. The molecule has 1 fully saturated rings. The molecular formula is C17H19BrN2O2S. The van der Waals surface area contributed by atoms with Crippen LogP contribution in [0, 0.1) is 0 Å². The van der Waals surface area contributed by atoms with E-state index in [9.17, 15) is 4.79 Å². The van der Waals surface area contributed by atoms with Crippen LogP contribution in [0.25, 0.3) is 0 Å². The van der Waals surface area contributed by atoms with Gasteiger partial charge in [-0.25, -0.2) is 0 Å². The number of carbonyl (C=O) groups is 1. The maximum atomic E-state index is 12.6. The molecule has 0 bridgehead atoms. The molecule has 1 aliphatic rings. The molecule has 1 unspecified atom stereocenters. The standard InChI is InChI=1S/C17H19BrN2O2S/c1-22-12-6-7-13(18)14(10-12)19-11-17(21)20-8-2-4-15(20)16-5-3-9-23-16/h3,5-7,9-10,15,19H,2,4,8,11H2,1H3. The molecule has 1 aliphatic heterocycles. The molecule has 1 aromatic heterocycles. The number of rotatable bonds is 5. The molecule has 4 nitrogen and oxygen atoms in total. The number of hydrogen-bond donors (Lipinski definition) is 1. The maximum absolute atomic E-state index is 12.6. The van der Waals surface area contributed by atoms with Gasteiger partial charge in [0.25, 0.3) is 0 Å². The van der Waals surface area contributed by atoms with Crippen molar-refractivity contribution < 1.29 is 9.53 Å². The number of likely N-dealkylation sites (tertiary alicyclic amines) is 1. The first-order chi connectivity index (χ1) is 11.2. The average molecular weight is 395 g/mol. The van der Waals surface area contributed by atoms with Gasteiger partial charge in [0.1, 0.15) is 5.75 Å². The number of hydrogen-bond acceptors (Lipinski definition) is 4. The van der Waals surface area contributed by atoms with Gasteiger partial charge in [0.15, 0.2) is 0 Å². The van der Waals surface area contributed by atoms with Crippen molar-refractivity contribution in [2.75, 3.05) is 25.5 Å². The molecule has 1 N–H and O–H groups in total. The van der Waals surface area contributed by atoms with E-state index >= 15 is 0 Å². The van der Waals surface area contributed by atoms with Crippen molar-refractivity contribution in [3.05, 3.63) is 45.1 Å². The number of amides is 1. The fourth-order valence-electron chi connectivity index (χ4n) is 2.88. The van der Waals surface area contributed by atoms with Crippen LogP contribution in [0.1, 0.15) is 23.8 Å². The van der Waals surface area contributed by atoms with Crippen LogP contribution in [-0.2, 0) is 4.79 Å². The van der Waals surface area contributed by atoms with Crippen LogP contribution < -0.4 is 10.1 Å². The van der Waals surface area contributed by atoms with Gasteiger partial charge in [-0.3, -0.25) is 4.79 Å². The number of thiophene rings is 1. The summed E-state index contributed by atoms with van der Waals surface area (Å²) in [5.74, 6) is 0.899. The minimum atomic E-state index is 0.135. The van der Waals surface area contributed by atoms with Gasteiger partial charge in [0.2, 0.25) is 5.91 Å². The van der Waals surface area contributed by atoms with E-state index in [0.717, 1.165) is 35.3 Å². The van der Waals surface area contributed by atoms with Gasteiger partial charge in [-0.1, -0.05) is 6.07 Å². The first-order valence-corrected chi connectivity index (χ1v) is 9.26. The van der Waals surface area contributed by atoms with Crippen LogP contribution >= 0.6 is 27.3 Å². The summed E-state index contributed by atoms with van der Waals surface area (Å²) >= 11 is 5.22. The van der Waals surface area contributed by atoms with Crippen LogP contribution in [0.2, 0.25) is 0 Å². The molecule has 0 radical (unpaired) electrons. The normalized spacial score (nSPS) is 17.3. The van der Waals surface area contributed by atoms with E-state index in [1.165, 1.54) is 4.88 Å². The van der Waals surface area contributed by atoms with E-state index < -0.39 is 0 Å². The van der Waals surface area contributed by atoms with Crippen LogP contribution in [-0.4, -0.2) is 31.0 Å². The summed E-state index contributed by atoms with van der Waals surface area (Å²) < 4.78 is 6.15. The van der Waals surface area contributed by atoms with Gasteiger partial charge >= 0.3 is 0 Å². The molecule has 0 saturated carbocycles. The van der Waals surface area contributed by atoms with E-state index in [1.54, 1.807) is 18.4 Å². The van der Waals surface area contributed by atoms with E-state index in [4.69, 9.17) is 4.74 Å². The Morgan fingerprint density at radius 1 is 1.48 bits per heavy atom. The third kappa shape index (κ3) is 3.70. The van der Waals surface area contributed by atoms with Crippen molar-refractivity contribution in [2.24, 2.45) is 0 Å². The molecule has 3 rings (SSSR count). The van der Waals surface area contributed by atoms with Crippen LogP contribution in [0.4, 0.5) is 5.69 Å². The first-order valence-electron chi connectivity index (χ1n) is 7.59. The molecule has 1 atom stereocenters. The lowest BCUT2D eigenvalue weighted by Gasteiger charge is -2.24. The van der Waals surface area contributed by atoms with E-state index in [0.29, 0.717) is 0 Å². The summed E-state index contributed by atoms with van der Waals surface area (Å²) in [5.41, 5.74) is 0.865. The Kier molecular flexibility index (Phi) is 5.23. The largest absolute Gasteiger partial charge is 0.497 e. The average Bonchev–Trinajstić information content (AvgIpc) is 3.24. The Morgan fingerprint density at radius 3 is 3.09 bits per heavy atom. The van der Waals surface area contributed by atoms with Crippen molar-refractivity contribution in [2.45, 2.75) is 18.9 Å². The highest BCUT2D eigenvalue weighted by Gasteiger charge is 2.30. The van der Waals surface area contributed by atoms with Crippen molar-refractivity contribution >= 4 is 38.9 Å². The van der Waals surface area contributed by atoms with Crippen LogP contribution in [0.5, 0.6) is 5.75 Å². The zero-order valence-corrected chi connectivity index (χ0v) is 15.3. The summed E-state index contributed by atoms with van der Waals surface area (Å²) in [6.45, 7) is 1.12. The van der Waals surface area contributed by atoms with Crippen molar-refractivity contribution in [3.8, 4) is 5.75 Å². The number of methoxy groups -OCH3 is 1. The number of benzene rings is 1. The molecule has 1 aromatic carbocycles. The Bertz CT molecular complexity index is 675. The number of nitrogens with zero attached hydrogens (tertiary/aromatic N) is 1. The predicted octanol–water partition coefficient (Wildman–Crippen LogP) is 4.29. The molecule has 0 spiro atoms. The van der Waals surface area contributed by atoms with Gasteiger partial charge < -0.3 is 15.0 Å². The minimum Gasteiger partial charge on any atom is -0.497 e. The molecule has 23 heavy (non-hydrogen) atoms. The molecule has 2 heterocycles. The van der Waals surface area contributed by atoms with Gasteiger partial charge in [0, 0.05) is 22.0 Å². The third-order valence-corrected chi connectivity index (χ3v) is 5.71. The molecule has 1 saturated heterocycles. The quantitative estimate of drug-likeness (QED) is 0.821. The lowest BCUT2D eigenvalue weighted by molar-refractivity contribution is -0.130. The highest BCUT2D eigenvalue weighted by atomic mass is 79.9. The number of carbonyl (C=O) groups excluding carboxylic acids is 1. The first kappa shape index (κ1) is 16.3. The monoisotopic (exact) mass is 394 g/mol. The number of anilines is 1. The lowest BCUT2D eigenvalue weighted by atomic mass is 10.2. The second-order valence-corrected chi connectivity index (χ2v) is 7.29. The lowest BCUT2D eigenvalue weighted by Crippen LogP contribution is -2.34. The Morgan fingerprint density at radius 2 is 2.35 bits per heavy atom. The van der Waals surface area contributed by atoms with Crippen LogP contribution in [0.15, 0.2) is 40.2 Å². The summed E-state index contributed by atoms with van der Waals surface area (Å²) in [4.78, 5) is 15.9. The highest BCUT2D eigenvalue weighted by molar-refractivity contribution is 9.10. The fraction of sp³-hybridized carbons (Fsp3) is 0.353. The minimum absolute atomic E-state index is 0.135. The van der Waals surface area contributed by atoms with Gasteiger partial charge in [-0.05, 0) is 52.4 Å². The van der Waals surface area contributed by atoms with E-state index in [1.807, 2.05) is 29.2 Å². The fourth-order valence-corrected chi connectivity index (χ4v) is 4.14. The zero-order valence-electron chi connectivity index (χ0n) is 12.9. The highest BCUT2D eigenvalue weighted by Crippen LogP contribution is 2.34.